The number of carbonyl (C=O) groups excluding carboxylic acids is 2. The minimum absolute atomic E-state index is 0.0407. The van der Waals surface area contributed by atoms with E-state index in [1.807, 2.05) is 0 Å². The van der Waals surface area contributed by atoms with Crippen LogP contribution in [0.3, 0.4) is 0 Å². The van der Waals surface area contributed by atoms with Crippen molar-refractivity contribution in [2.45, 2.75) is 19.9 Å². The number of hydrogen-bond donors (Lipinski definition) is 2. The minimum Gasteiger partial charge on any atom is -0.507 e. The number of methoxy groups -OCH3 is 2. The molecule has 0 aromatic heterocycles. The molecule has 110 valence electrons. The SMILES string of the molecule is COC(=O)C(NC(=O)c1cc(OC)ccc1O)C(C)C. The molecule has 1 rings (SSSR count). The number of benzene rings is 1. The van der Waals surface area contributed by atoms with Gasteiger partial charge < -0.3 is 19.9 Å². The molecule has 6 nitrogen and oxygen atoms in total. The zero-order valence-electron chi connectivity index (χ0n) is 12.0. The van der Waals surface area contributed by atoms with E-state index in [2.05, 4.69) is 10.1 Å². The van der Waals surface area contributed by atoms with E-state index in [0.29, 0.717) is 5.75 Å². The smallest absolute Gasteiger partial charge is 0.328 e. The van der Waals surface area contributed by atoms with Gasteiger partial charge in [0.05, 0.1) is 19.8 Å². The molecule has 1 atom stereocenters. The Bertz CT molecular complexity index is 498. The molecule has 0 heterocycles. The number of esters is 1. The van der Waals surface area contributed by atoms with Crippen molar-refractivity contribution in [1.29, 1.82) is 0 Å². The molecular weight excluding hydrogens is 262 g/mol. The molecule has 1 aromatic carbocycles. The van der Waals surface area contributed by atoms with E-state index in [9.17, 15) is 14.7 Å². The van der Waals surface area contributed by atoms with E-state index < -0.39 is 17.9 Å². The molecule has 0 bridgehead atoms. The van der Waals surface area contributed by atoms with Crippen LogP contribution in [0, 0.1) is 5.92 Å². The van der Waals surface area contributed by atoms with Crippen LogP contribution in [0.25, 0.3) is 0 Å². The molecule has 6 heteroatoms. The van der Waals surface area contributed by atoms with Crippen molar-refractivity contribution in [2.24, 2.45) is 5.92 Å². The number of phenolic OH excluding ortho intramolecular Hbond substituents is 1. The zero-order chi connectivity index (χ0) is 15.3. The van der Waals surface area contributed by atoms with Crippen LogP contribution in [0.5, 0.6) is 11.5 Å². The van der Waals surface area contributed by atoms with Crippen molar-refractivity contribution in [1.82, 2.24) is 5.32 Å². The fourth-order valence-electron chi connectivity index (χ4n) is 1.67. The number of carbonyl (C=O) groups is 2. The van der Waals surface area contributed by atoms with Gasteiger partial charge in [-0.1, -0.05) is 13.8 Å². The van der Waals surface area contributed by atoms with E-state index in [0.717, 1.165) is 0 Å². The van der Waals surface area contributed by atoms with Gasteiger partial charge in [-0.3, -0.25) is 4.79 Å². The van der Waals surface area contributed by atoms with Gasteiger partial charge in [0, 0.05) is 0 Å². The Morgan fingerprint density at radius 3 is 2.40 bits per heavy atom. The van der Waals surface area contributed by atoms with Crippen LogP contribution in [0.15, 0.2) is 18.2 Å². The average molecular weight is 281 g/mol. The quantitative estimate of drug-likeness (QED) is 0.795. The Morgan fingerprint density at radius 1 is 1.25 bits per heavy atom. The summed E-state index contributed by atoms with van der Waals surface area (Å²) in [4.78, 5) is 23.7. The summed E-state index contributed by atoms with van der Waals surface area (Å²) in [5.41, 5.74) is 0.0407. The number of amides is 1. The van der Waals surface area contributed by atoms with Crippen molar-refractivity contribution >= 4 is 11.9 Å². The lowest BCUT2D eigenvalue weighted by molar-refractivity contribution is -0.144. The number of ether oxygens (including phenoxy) is 2. The number of hydrogen-bond acceptors (Lipinski definition) is 5. The molecule has 1 amide bonds. The van der Waals surface area contributed by atoms with Gasteiger partial charge in [0.25, 0.3) is 5.91 Å². The topological polar surface area (TPSA) is 84.9 Å². The molecule has 0 radical (unpaired) electrons. The summed E-state index contributed by atoms with van der Waals surface area (Å²) in [6.07, 6.45) is 0. The molecule has 2 N–H and O–H groups in total. The maximum Gasteiger partial charge on any atom is 0.328 e. The zero-order valence-corrected chi connectivity index (χ0v) is 12.0. The molecule has 0 aliphatic carbocycles. The van der Waals surface area contributed by atoms with E-state index in [-0.39, 0.29) is 17.2 Å². The standard InChI is InChI=1S/C14H19NO5/c1-8(2)12(14(18)20-4)15-13(17)10-7-9(19-3)5-6-11(10)16/h5-8,12,16H,1-4H3,(H,15,17). The lowest BCUT2D eigenvalue weighted by Crippen LogP contribution is -2.45. The molecule has 0 saturated heterocycles. The maximum absolute atomic E-state index is 12.1. The van der Waals surface area contributed by atoms with Crippen LogP contribution in [0.2, 0.25) is 0 Å². The largest absolute Gasteiger partial charge is 0.507 e. The molecule has 0 aliphatic rings. The Morgan fingerprint density at radius 2 is 1.90 bits per heavy atom. The normalized spacial score (nSPS) is 11.8. The lowest BCUT2D eigenvalue weighted by Gasteiger charge is -2.20. The Labute approximate surface area is 117 Å². The highest BCUT2D eigenvalue weighted by molar-refractivity contribution is 5.99. The van der Waals surface area contributed by atoms with Gasteiger partial charge in [-0.25, -0.2) is 4.79 Å². The summed E-state index contributed by atoms with van der Waals surface area (Å²) in [5, 5.41) is 12.3. The summed E-state index contributed by atoms with van der Waals surface area (Å²) < 4.78 is 9.64. The molecule has 20 heavy (non-hydrogen) atoms. The van der Waals surface area contributed by atoms with Crippen molar-refractivity contribution in [2.75, 3.05) is 14.2 Å². The Hall–Kier alpha value is -2.24. The Balaban J connectivity index is 2.97. The molecule has 0 saturated carbocycles. The van der Waals surface area contributed by atoms with Gasteiger partial charge in [-0.15, -0.1) is 0 Å². The number of phenols is 1. The van der Waals surface area contributed by atoms with Gasteiger partial charge in [0.1, 0.15) is 17.5 Å². The van der Waals surface area contributed by atoms with Crippen LogP contribution in [0.1, 0.15) is 24.2 Å². The van der Waals surface area contributed by atoms with E-state index in [4.69, 9.17) is 4.74 Å². The van der Waals surface area contributed by atoms with Crippen molar-refractivity contribution < 1.29 is 24.2 Å². The number of rotatable bonds is 5. The van der Waals surface area contributed by atoms with E-state index >= 15 is 0 Å². The second kappa shape index (κ2) is 6.79. The third kappa shape index (κ3) is 3.63. The third-order valence-electron chi connectivity index (χ3n) is 2.86. The highest BCUT2D eigenvalue weighted by Gasteiger charge is 2.26. The van der Waals surface area contributed by atoms with Gasteiger partial charge in [-0.05, 0) is 24.1 Å². The van der Waals surface area contributed by atoms with Gasteiger partial charge in [0.2, 0.25) is 0 Å². The molecule has 0 aliphatic heterocycles. The predicted molar refractivity (Wildman–Crippen MR) is 72.8 cm³/mol. The second-order valence-electron chi connectivity index (χ2n) is 4.60. The Kier molecular flexibility index (Phi) is 5.37. The summed E-state index contributed by atoms with van der Waals surface area (Å²) in [7, 11) is 2.71. The summed E-state index contributed by atoms with van der Waals surface area (Å²) >= 11 is 0. The second-order valence-corrected chi connectivity index (χ2v) is 4.60. The molecule has 1 aromatic rings. The molecule has 1 unspecified atom stereocenters. The molecular formula is C14H19NO5. The van der Waals surface area contributed by atoms with Gasteiger partial charge in [0.15, 0.2) is 0 Å². The number of nitrogens with one attached hydrogen (secondary N) is 1. The first-order valence-corrected chi connectivity index (χ1v) is 6.16. The van der Waals surface area contributed by atoms with Gasteiger partial charge in [-0.2, -0.15) is 0 Å². The lowest BCUT2D eigenvalue weighted by atomic mass is 10.0. The summed E-state index contributed by atoms with van der Waals surface area (Å²) in [5.74, 6) is -0.983. The fourth-order valence-corrected chi connectivity index (χ4v) is 1.67. The van der Waals surface area contributed by atoms with E-state index in [1.165, 1.54) is 32.4 Å². The van der Waals surface area contributed by atoms with Crippen LogP contribution >= 0.6 is 0 Å². The highest BCUT2D eigenvalue weighted by atomic mass is 16.5. The maximum atomic E-state index is 12.1. The van der Waals surface area contributed by atoms with Gasteiger partial charge >= 0.3 is 5.97 Å². The predicted octanol–water partition coefficient (Wildman–Crippen LogP) is 1.33. The monoisotopic (exact) mass is 281 g/mol. The summed E-state index contributed by atoms with van der Waals surface area (Å²) in [6, 6.07) is 3.51. The van der Waals surface area contributed by atoms with Crippen LogP contribution in [-0.4, -0.2) is 37.2 Å². The molecule has 0 spiro atoms. The molecule has 0 fully saturated rings. The first-order valence-electron chi connectivity index (χ1n) is 6.16. The first-order chi connectivity index (χ1) is 9.40. The van der Waals surface area contributed by atoms with Crippen molar-refractivity contribution in [3.63, 3.8) is 0 Å². The number of aromatic hydroxyl groups is 1. The first kappa shape index (κ1) is 15.8. The fraction of sp³-hybridized carbons (Fsp3) is 0.429. The minimum atomic E-state index is -0.780. The van der Waals surface area contributed by atoms with E-state index in [1.54, 1.807) is 13.8 Å². The summed E-state index contributed by atoms with van der Waals surface area (Å²) in [6.45, 7) is 3.57. The highest BCUT2D eigenvalue weighted by Crippen LogP contribution is 2.23. The van der Waals surface area contributed by atoms with Crippen molar-refractivity contribution in [3.8, 4) is 11.5 Å². The van der Waals surface area contributed by atoms with Crippen LogP contribution in [0.4, 0.5) is 0 Å². The van der Waals surface area contributed by atoms with Crippen LogP contribution < -0.4 is 10.1 Å². The van der Waals surface area contributed by atoms with Crippen molar-refractivity contribution in [3.05, 3.63) is 23.8 Å². The third-order valence-corrected chi connectivity index (χ3v) is 2.86. The average Bonchev–Trinajstić information content (AvgIpc) is 2.43. The van der Waals surface area contributed by atoms with Crippen LogP contribution in [-0.2, 0) is 9.53 Å².